The summed E-state index contributed by atoms with van der Waals surface area (Å²) in [6.07, 6.45) is -2.59. The second kappa shape index (κ2) is 6.18. The summed E-state index contributed by atoms with van der Waals surface area (Å²) in [7, 11) is 2.63. The molecule has 0 bridgehead atoms. The summed E-state index contributed by atoms with van der Waals surface area (Å²) in [5, 5.41) is 8.62. The molecule has 0 saturated heterocycles. The van der Waals surface area contributed by atoms with Crippen molar-refractivity contribution in [2.45, 2.75) is 19.3 Å². The number of alkyl halides is 2. The molecule has 18 heavy (non-hydrogen) atoms. The van der Waals surface area contributed by atoms with E-state index in [-0.39, 0.29) is 29.9 Å². The van der Waals surface area contributed by atoms with E-state index in [2.05, 4.69) is 0 Å². The summed E-state index contributed by atoms with van der Waals surface area (Å²) in [6.45, 7) is 0. The van der Waals surface area contributed by atoms with E-state index in [1.165, 1.54) is 26.4 Å². The van der Waals surface area contributed by atoms with Crippen LogP contribution in [-0.2, 0) is 11.2 Å². The third-order valence-corrected chi connectivity index (χ3v) is 2.48. The molecule has 1 aromatic rings. The smallest absolute Gasteiger partial charge is 0.303 e. The van der Waals surface area contributed by atoms with Gasteiger partial charge in [0, 0.05) is 6.42 Å². The molecule has 0 saturated carbocycles. The molecule has 1 rings (SSSR count). The second-order valence-electron chi connectivity index (χ2n) is 3.60. The molecular weight excluding hydrogens is 246 g/mol. The number of carbonyl (C=O) groups is 1. The number of methoxy groups -OCH3 is 2. The summed E-state index contributed by atoms with van der Waals surface area (Å²) < 4.78 is 35.4. The lowest BCUT2D eigenvalue weighted by molar-refractivity contribution is -0.136. The first-order valence-electron chi connectivity index (χ1n) is 5.24. The highest BCUT2D eigenvalue weighted by molar-refractivity contribution is 5.67. The molecule has 1 N–H and O–H groups in total. The van der Waals surface area contributed by atoms with Crippen LogP contribution in [0.2, 0.25) is 0 Å². The third-order valence-electron chi connectivity index (χ3n) is 2.48. The van der Waals surface area contributed by atoms with Crippen molar-refractivity contribution in [2.24, 2.45) is 0 Å². The normalized spacial score (nSPS) is 10.5. The molecule has 0 spiro atoms. The Morgan fingerprint density at radius 3 is 2.33 bits per heavy atom. The van der Waals surface area contributed by atoms with Crippen LogP contribution in [0.25, 0.3) is 0 Å². The molecule has 0 aliphatic carbocycles. The maximum absolute atomic E-state index is 12.7. The number of halogens is 2. The van der Waals surface area contributed by atoms with E-state index in [9.17, 15) is 13.6 Å². The fourth-order valence-corrected chi connectivity index (χ4v) is 1.59. The van der Waals surface area contributed by atoms with Gasteiger partial charge in [0.2, 0.25) is 0 Å². The molecule has 0 fully saturated rings. The lowest BCUT2D eigenvalue weighted by Gasteiger charge is -2.14. The molecule has 0 heterocycles. The van der Waals surface area contributed by atoms with Gasteiger partial charge < -0.3 is 14.6 Å². The van der Waals surface area contributed by atoms with Crippen LogP contribution in [0, 0.1) is 0 Å². The van der Waals surface area contributed by atoms with Gasteiger partial charge in [0.15, 0.2) is 0 Å². The van der Waals surface area contributed by atoms with Gasteiger partial charge in [-0.05, 0) is 24.1 Å². The van der Waals surface area contributed by atoms with E-state index < -0.39 is 12.4 Å². The summed E-state index contributed by atoms with van der Waals surface area (Å²) in [5.41, 5.74) is 0.259. The summed E-state index contributed by atoms with van der Waals surface area (Å²) in [6, 6.07) is 2.57. The molecule has 6 heteroatoms. The van der Waals surface area contributed by atoms with Gasteiger partial charge in [0.25, 0.3) is 6.43 Å². The lowest BCUT2D eigenvalue weighted by atomic mass is 10.0. The first-order chi connectivity index (χ1) is 8.49. The number of ether oxygens (including phenoxy) is 2. The molecule has 1 aromatic carbocycles. The molecule has 0 radical (unpaired) electrons. The highest BCUT2D eigenvalue weighted by Crippen LogP contribution is 2.35. The largest absolute Gasteiger partial charge is 0.496 e. The van der Waals surface area contributed by atoms with Crippen molar-refractivity contribution >= 4 is 5.97 Å². The number of aryl methyl sites for hydroxylation is 1. The maximum Gasteiger partial charge on any atom is 0.303 e. The van der Waals surface area contributed by atoms with E-state index in [1.54, 1.807) is 0 Å². The molecule has 0 unspecified atom stereocenters. The van der Waals surface area contributed by atoms with Gasteiger partial charge in [-0.1, -0.05) is 0 Å². The molecule has 0 aliphatic heterocycles. The first kappa shape index (κ1) is 14.2. The minimum atomic E-state index is -2.68. The maximum atomic E-state index is 12.7. The van der Waals surface area contributed by atoms with Crippen molar-refractivity contribution in [3.05, 3.63) is 23.3 Å². The molecule has 0 atom stereocenters. The van der Waals surface area contributed by atoms with Crippen molar-refractivity contribution < 1.29 is 28.2 Å². The second-order valence-corrected chi connectivity index (χ2v) is 3.60. The monoisotopic (exact) mass is 260 g/mol. The average molecular weight is 260 g/mol. The van der Waals surface area contributed by atoms with Gasteiger partial charge in [-0.2, -0.15) is 0 Å². The fraction of sp³-hybridized carbons (Fsp3) is 0.417. The Morgan fingerprint density at radius 1 is 1.28 bits per heavy atom. The summed E-state index contributed by atoms with van der Waals surface area (Å²) >= 11 is 0. The van der Waals surface area contributed by atoms with E-state index in [4.69, 9.17) is 14.6 Å². The zero-order valence-electron chi connectivity index (χ0n) is 10.1. The van der Waals surface area contributed by atoms with Gasteiger partial charge in [0.1, 0.15) is 11.5 Å². The first-order valence-corrected chi connectivity index (χ1v) is 5.24. The van der Waals surface area contributed by atoms with Gasteiger partial charge in [-0.3, -0.25) is 4.79 Å². The SMILES string of the molecule is COc1cc(C(F)F)c(OC)cc1CCC(=O)O. The van der Waals surface area contributed by atoms with Gasteiger partial charge in [0.05, 0.1) is 19.8 Å². The van der Waals surface area contributed by atoms with E-state index in [0.717, 1.165) is 0 Å². The number of carboxylic acid groups (broad SMARTS) is 1. The van der Waals surface area contributed by atoms with E-state index in [1.807, 2.05) is 0 Å². The van der Waals surface area contributed by atoms with E-state index in [0.29, 0.717) is 5.56 Å². The van der Waals surface area contributed by atoms with Gasteiger partial charge >= 0.3 is 5.97 Å². The van der Waals surface area contributed by atoms with Crippen LogP contribution in [0.15, 0.2) is 12.1 Å². The fourth-order valence-electron chi connectivity index (χ4n) is 1.59. The highest BCUT2D eigenvalue weighted by atomic mass is 19.3. The Balaban J connectivity index is 3.13. The van der Waals surface area contributed by atoms with Crippen molar-refractivity contribution in [3.63, 3.8) is 0 Å². The number of hydrogen-bond acceptors (Lipinski definition) is 3. The van der Waals surface area contributed by atoms with Crippen LogP contribution < -0.4 is 9.47 Å². The zero-order valence-corrected chi connectivity index (χ0v) is 10.1. The topological polar surface area (TPSA) is 55.8 Å². The van der Waals surface area contributed by atoms with Crippen LogP contribution in [0.4, 0.5) is 8.78 Å². The van der Waals surface area contributed by atoms with Crippen LogP contribution in [0.3, 0.4) is 0 Å². The third kappa shape index (κ3) is 3.32. The van der Waals surface area contributed by atoms with E-state index >= 15 is 0 Å². The Bertz CT molecular complexity index is 432. The molecule has 4 nitrogen and oxygen atoms in total. The summed E-state index contributed by atoms with van der Waals surface area (Å²) in [4.78, 5) is 10.5. The van der Waals surface area contributed by atoms with Gasteiger partial charge in [-0.15, -0.1) is 0 Å². The lowest BCUT2D eigenvalue weighted by Crippen LogP contribution is -2.02. The highest BCUT2D eigenvalue weighted by Gasteiger charge is 2.18. The standard InChI is InChI=1S/C12H14F2O4/c1-17-9-6-8(12(13)14)10(18-2)5-7(9)3-4-11(15)16/h5-6,12H,3-4H2,1-2H3,(H,15,16). The quantitative estimate of drug-likeness (QED) is 0.854. The van der Waals surface area contributed by atoms with Crippen molar-refractivity contribution in [1.82, 2.24) is 0 Å². The Morgan fingerprint density at radius 2 is 1.89 bits per heavy atom. The Kier molecular flexibility index (Phi) is 4.88. The van der Waals surface area contributed by atoms with Crippen LogP contribution in [-0.4, -0.2) is 25.3 Å². The average Bonchev–Trinajstić information content (AvgIpc) is 2.34. The predicted octanol–water partition coefficient (Wildman–Crippen LogP) is 2.66. The minimum Gasteiger partial charge on any atom is -0.496 e. The van der Waals surface area contributed by atoms with Crippen molar-refractivity contribution in [3.8, 4) is 11.5 Å². The minimum absolute atomic E-state index is 0.0335. The number of rotatable bonds is 6. The van der Waals surface area contributed by atoms with Crippen molar-refractivity contribution in [1.29, 1.82) is 0 Å². The Labute approximate surface area is 103 Å². The molecule has 100 valence electrons. The Hall–Kier alpha value is -1.85. The molecule has 0 aliphatic rings. The number of benzene rings is 1. The number of aliphatic carboxylic acids is 1. The number of hydrogen-bond donors (Lipinski definition) is 1. The molecule has 0 amide bonds. The van der Waals surface area contributed by atoms with Gasteiger partial charge in [-0.25, -0.2) is 8.78 Å². The van der Waals surface area contributed by atoms with Crippen LogP contribution in [0.5, 0.6) is 11.5 Å². The zero-order chi connectivity index (χ0) is 13.7. The summed E-state index contributed by atoms with van der Waals surface area (Å²) in [5.74, 6) is -0.688. The van der Waals surface area contributed by atoms with Crippen LogP contribution >= 0.6 is 0 Å². The predicted molar refractivity (Wildman–Crippen MR) is 60.5 cm³/mol. The molecule has 0 aromatic heterocycles. The van der Waals surface area contributed by atoms with Crippen LogP contribution in [0.1, 0.15) is 24.0 Å². The van der Waals surface area contributed by atoms with Crippen molar-refractivity contribution in [2.75, 3.05) is 14.2 Å². The number of carboxylic acids is 1. The molecular formula is C12H14F2O4.